The highest BCUT2D eigenvalue weighted by Crippen LogP contribution is 2.40. The van der Waals surface area contributed by atoms with E-state index in [9.17, 15) is 19.1 Å². The first-order valence-corrected chi connectivity index (χ1v) is 5.60. The van der Waals surface area contributed by atoms with E-state index in [2.05, 4.69) is 0 Å². The van der Waals surface area contributed by atoms with Crippen molar-refractivity contribution in [1.82, 2.24) is 4.90 Å². The van der Waals surface area contributed by atoms with Gasteiger partial charge in [-0.25, -0.2) is 4.39 Å². The van der Waals surface area contributed by atoms with Crippen LogP contribution in [0, 0.1) is 0 Å². The number of hydrogen-bond acceptors (Lipinski definition) is 5. The van der Waals surface area contributed by atoms with Gasteiger partial charge < -0.3 is 14.9 Å². The summed E-state index contributed by atoms with van der Waals surface area (Å²) in [5.74, 6) is -1.09. The Bertz CT molecular complexity index is 413. The van der Waals surface area contributed by atoms with Crippen molar-refractivity contribution in [3.8, 4) is 0 Å². The third-order valence-corrected chi connectivity index (χ3v) is 3.26. The maximum atomic E-state index is 14.1. The second kappa shape index (κ2) is 4.58. The minimum atomic E-state index is -2.74. The van der Waals surface area contributed by atoms with Gasteiger partial charge in [0.25, 0.3) is 5.13 Å². The van der Waals surface area contributed by atoms with Crippen LogP contribution < -0.4 is 0 Å². The molecule has 2 aliphatic heterocycles. The first kappa shape index (κ1) is 13.4. The number of hydrogen-bond donors (Lipinski definition) is 2. The summed E-state index contributed by atoms with van der Waals surface area (Å²) in [6.07, 6.45) is -2.84. The highest BCUT2D eigenvalue weighted by molar-refractivity contribution is 6.24. The van der Waals surface area contributed by atoms with Crippen molar-refractivity contribution in [3.63, 3.8) is 0 Å². The number of amides is 1. The van der Waals surface area contributed by atoms with Gasteiger partial charge >= 0.3 is 0 Å². The lowest BCUT2D eigenvalue weighted by Gasteiger charge is -2.31. The molecule has 0 radical (unpaired) electrons. The van der Waals surface area contributed by atoms with Crippen molar-refractivity contribution in [2.45, 2.75) is 30.0 Å². The van der Waals surface area contributed by atoms with Gasteiger partial charge in [0.1, 0.15) is 12.2 Å². The molecule has 0 spiro atoms. The number of halogens is 2. The molecule has 0 aliphatic carbocycles. The molecule has 0 bridgehead atoms. The molecule has 6 nitrogen and oxygen atoms in total. The number of ether oxygens (including phenoxy) is 1. The van der Waals surface area contributed by atoms with E-state index < -0.39 is 48.3 Å². The third-order valence-electron chi connectivity index (χ3n) is 2.85. The normalized spacial score (nSPS) is 40.7. The Morgan fingerprint density at radius 1 is 1.61 bits per heavy atom. The quantitative estimate of drug-likeness (QED) is 0.515. The summed E-state index contributed by atoms with van der Waals surface area (Å²) in [5.41, 5.74) is 0. The zero-order valence-corrected chi connectivity index (χ0v) is 9.88. The van der Waals surface area contributed by atoms with E-state index in [1.807, 2.05) is 0 Å². The Morgan fingerprint density at radius 2 is 2.28 bits per heavy atom. The van der Waals surface area contributed by atoms with Crippen molar-refractivity contribution < 1.29 is 28.9 Å². The zero-order chi connectivity index (χ0) is 13.5. The van der Waals surface area contributed by atoms with Gasteiger partial charge in [-0.05, 0) is 6.08 Å². The molecule has 1 fully saturated rings. The number of rotatable bonds is 2. The number of aliphatic hydroxyl groups is 2. The van der Waals surface area contributed by atoms with Crippen LogP contribution in [0.15, 0.2) is 12.3 Å². The standard InChI is InChI=1S/C10H11ClFNO5/c11-10(12)8(17)6(4-14)18-9(10)13-2-1-5(15)3-7(13)16/h1-2,6,8-9,14,17H,3-4H2/t6-,8-,9-,10-/m1/s1. The maximum absolute atomic E-state index is 14.1. The van der Waals surface area contributed by atoms with E-state index in [0.29, 0.717) is 0 Å². The predicted octanol–water partition coefficient (Wildman–Crippen LogP) is -0.716. The first-order chi connectivity index (χ1) is 8.37. The number of alkyl halides is 2. The molecular weight excluding hydrogens is 269 g/mol. The van der Waals surface area contributed by atoms with Crippen LogP contribution in [-0.2, 0) is 14.3 Å². The molecule has 2 heterocycles. The Hall–Kier alpha value is -1.02. The molecule has 18 heavy (non-hydrogen) atoms. The number of allylic oxidation sites excluding steroid dienone is 1. The van der Waals surface area contributed by atoms with E-state index in [-0.39, 0.29) is 0 Å². The SMILES string of the molecule is O=C1C=CN([C@@H]2O[C@H](CO)[C@@H](O)[C@]2(F)Cl)C(=O)C1. The molecule has 0 aromatic carbocycles. The molecule has 1 saturated heterocycles. The number of nitrogens with zero attached hydrogens (tertiary/aromatic N) is 1. The summed E-state index contributed by atoms with van der Waals surface area (Å²) in [6, 6.07) is 0. The second-order valence-corrected chi connectivity index (χ2v) is 4.67. The van der Waals surface area contributed by atoms with E-state index >= 15 is 0 Å². The molecule has 8 heteroatoms. The molecule has 2 N–H and O–H groups in total. The first-order valence-electron chi connectivity index (χ1n) is 5.22. The molecule has 0 unspecified atom stereocenters. The lowest BCUT2D eigenvalue weighted by Crippen LogP contribution is -2.50. The van der Waals surface area contributed by atoms with Crippen LogP contribution in [0.2, 0.25) is 0 Å². The zero-order valence-electron chi connectivity index (χ0n) is 9.12. The minimum Gasteiger partial charge on any atom is -0.394 e. The van der Waals surface area contributed by atoms with Gasteiger partial charge in [-0.15, -0.1) is 0 Å². The van der Waals surface area contributed by atoms with Crippen LogP contribution in [0.25, 0.3) is 0 Å². The van der Waals surface area contributed by atoms with Gasteiger partial charge in [0.15, 0.2) is 12.0 Å². The monoisotopic (exact) mass is 279 g/mol. The highest BCUT2D eigenvalue weighted by atomic mass is 35.5. The number of carbonyl (C=O) groups is 2. The Labute approximate surface area is 107 Å². The van der Waals surface area contributed by atoms with Crippen LogP contribution in [0.1, 0.15) is 6.42 Å². The Balaban J connectivity index is 2.26. The Morgan fingerprint density at radius 3 is 2.78 bits per heavy atom. The minimum absolute atomic E-state index is 0.410. The van der Waals surface area contributed by atoms with Crippen LogP contribution in [0.3, 0.4) is 0 Å². The molecule has 0 aromatic rings. The average Bonchev–Trinajstić information content (AvgIpc) is 2.52. The van der Waals surface area contributed by atoms with Crippen molar-refractivity contribution >= 4 is 23.3 Å². The van der Waals surface area contributed by atoms with E-state index in [1.165, 1.54) is 0 Å². The summed E-state index contributed by atoms with van der Waals surface area (Å²) in [7, 11) is 0. The molecule has 100 valence electrons. The number of ketones is 1. The molecule has 0 aromatic heterocycles. The van der Waals surface area contributed by atoms with E-state index in [4.69, 9.17) is 21.4 Å². The molecule has 0 saturated carbocycles. The van der Waals surface area contributed by atoms with Crippen LogP contribution in [-0.4, -0.2) is 57.0 Å². The fourth-order valence-electron chi connectivity index (χ4n) is 1.87. The largest absolute Gasteiger partial charge is 0.394 e. The fourth-order valence-corrected chi connectivity index (χ4v) is 2.17. The second-order valence-electron chi connectivity index (χ2n) is 4.09. The van der Waals surface area contributed by atoms with Crippen molar-refractivity contribution in [2.24, 2.45) is 0 Å². The topological polar surface area (TPSA) is 87.1 Å². The summed E-state index contributed by atoms with van der Waals surface area (Å²) in [6.45, 7) is -0.638. The molecule has 2 rings (SSSR count). The van der Waals surface area contributed by atoms with Crippen molar-refractivity contribution in [1.29, 1.82) is 0 Å². The van der Waals surface area contributed by atoms with Crippen LogP contribution >= 0.6 is 11.6 Å². The molecule has 2 aliphatic rings. The van der Waals surface area contributed by atoms with Crippen molar-refractivity contribution in [2.75, 3.05) is 6.61 Å². The van der Waals surface area contributed by atoms with Gasteiger partial charge in [0.05, 0.1) is 13.0 Å². The number of aliphatic hydroxyl groups excluding tert-OH is 2. The van der Waals surface area contributed by atoms with Crippen LogP contribution in [0.4, 0.5) is 4.39 Å². The van der Waals surface area contributed by atoms with Gasteiger partial charge in [-0.1, -0.05) is 11.6 Å². The van der Waals surface area contributed by atoms with Gasteiger partial charge in [0.2, 0.25) is 5.91 Å². The predicted molar refractivity (Wildman–Crippen MR) is 57.1 cm³/mol. The summed E-state index contributed by atoms with van der Waals surface area (Å²) < 4.78 is 19.1. The van der Waals surface area contributed by atoms with Gasteiger partial charge in [-0.3, -0.25) is 14.5 Å². The summed E-state index contributed by atoms with van der Waals surface area (Å²) >= 11 is 5.53. The summed E-state index contributed by atoms with van der Waals surface area (Å²) in [5, 5.41) is 15.7. The van der Waals surface area contributed by atoms with Gasteiger partial charge in [0, 0.05) is 6.20 Å². The maximum Gasteiger partial charge on any atom is 0.256 e. The summed E-state index contributed by atoms with van der Waals surface area (Å²) in [4.78, 5) is 23.4. The van der Waals surface area contributed by atoms with Gasteiger partial charge in [-0.2, -0.15) is 0 Å². The lowest BCUT2D eigenvalue weighted by atomic mass is 10.1. The van der Waals surface area contributed by atoms with E-state index in [1.54, 1.807) is 0 Å². The number of carbonyl (C=O) groups excluding carboxylic acids is 2. The highest BCUT2D eigenvalue weighted by Gasteiger charge is 2.59. The van der Waals surface area contributed by atoms with Crippen LogP contribution in [0.5, 0.6) is 0 Å². The molecule has 1 amide bonds. The fraction of sp³-hybridized carbons (Fsp3) is 0.600. The smallest absolute Gasteiger partial charge is 0.256 e. The molecule has 4 atom stereocenters. The average molecular weight is 280 g/mol. The third kappa shape index (κ3) is 2.03. The van der Waals surface area contributed by atoms with E-state index in [0.717, 1.165) is 17.2 Å². The Kier molecular flexibility index (Phi) is 3.41. The molecular formula is C10H11ClFNO5. The van der Waals surface area contributed by atoms with Crippen molar-refractivity contribution in [3.05, 3.63) is 12.3 Å². The lowest BCUT2D eigenvalue weighted by molar-refractivity contribution is -0.147.